The highest BCUT2D eigenvalue weighted by Gasteiger charge is 2.20. The molecule has 1 aromatic carbocycles. The SMILES string of the molecule is Cc1ccccc1C(C)NC(=O)N(CCC(=O)O)C(C)C. The fraction of sp³-hybridized carbons (Fsp3) is 0.500. The lowest BCUT2D eigenvalue weighted by Crippen LogP contribution is -2.45. The number of carboxylic acids is 1. The second-order valence-electron chi connectivity index (χ2n) is 5.46. The Hall–Kier alpha value is -2.04. The summed E-state index contributed by atoms with van der Waals surface area (Å²) in [5.74, 6) is -0.902. The first-order valence-corrected chi connectivity index (χ1v) is 7.17. The Kier molecular flexibility index (Phi) is 6.21. The number of amides is 2. The number of carbonyl (C=O) groups is 2. The van der Waals surface area contributed by atoms with Crippen LogP contribution in [0.3, 0.4) is 0 Å². The number of hydrogen-bond donors (Lipinski definition) is 2. The summed E-state index contributed by atoms with van der Waals surface area (Å²) in [6.45, 7) is 7.89. The van der Waals surface area contributed by atoms with Crippen molar-refractivity contribution in [3.63, 3.8) is 0 Å². The molecule has 0 spiro atoms. The number of rotatable bonds is 6. The van der Waals surface area contributed by atoms with Gasteiger partial charge in [0.25, 0.3) is 0 Å². The Balaban J connectivity index is 2.72. The Morgan fingerprint density at radius 3 is 2.38 bits per heavy atom. The summed E-state index contributed by atoms with van der Waals surface area (Å²) >= 11 is 0. The van der Waals surface area contributed by atoms with E-state index in [1.54, 1.807) is 4.90 Å². The number of aliphatic carboxylic acids is 1. The van der Waals surface area contributed by atoms with Crippen LogP contribution in [0.1, 0.15) is 44.4 Å². The van der Waals surface area contributed by atoms with Gasteiger partial charge in [-0.15, -0.1) is 0 Å². The normalized spacial score (nSPS) is 12.0. The Morgan fingerprint density at radius 2 is 1.86 bits per heavy atom. The Bertz CT molecular complexity index is 500. The molecule has 0 aliphatic rings. The lowest BCUT2D eigenvalue weighted by molar-refractivity contribution is -0.137. The largest absolute Gasteiger partial charge is 0.481 e. The van der Waals surface area contributed by atoms with E-state index in [0.717, 1.165) is 11.1 Å². The fourth-order valence-electron chi connectivity index (χ4n) is 2.23. The van der Waals surface area contributed by atoms with Gasteiger partial charge in [-0.25, -0.2) is 4.79 Å². The standard InChI is InChI=1S/C16H24N2O3/c1-11(2)18(10-9-15(19)20)16(21)17-13(4)14-8-6-5-7-12(14)3/h5-8,11,13H,9-10H2,1-4H3,(H,17,21)(H,19,20). The third-order valence-corrected chi connectivity index (χ3v) is 3.45. The van der Waals surface area contributed by atoms with E-state index in [1.807, 2.05) is 52.0 Å². The molecule has 5 nitrogen and oxygen atoms in total. The van der Waals surface area contributed by atoms with E-state index in [0.29, 0.717) is 0 Å². The van der Waals surface area contributed by atoms with Gasteiger partial charge in [0.15, 0.2) is 0 Å². The molecule has 0 aliphatic heterocycles. The highest BCUT2D eigenvalue weighted by atomic mass is 16.4. The maximum atomic E-state index is 12.3. The molecular weight excluding hydrogens is 268 g/mol. The van der Waals surface area contributed by atoms with Crippen LogP contribution in [0, 0.1) is 6.92 Å². The van der Waals surface area contributed by atoms with Crippen molar-refractivity contribution in [2.24, 2.45) is 0 Å². The average molecular weight is 292 g/mol. The first-order valence-electron chi connectivity index (χ1n) is 7.17. The molecule has 2 amide bonds. The maximum absolute atomic E-state index is 12.3. The first kappa shape index (κ1) is 17.0. The second kappa shape index (κ2) is 7.67. The van der Waals surface area contributed by atoms with E-state index in [-0.39, 0.29) is 31.1 Å². The number of nitrogens with zero attached hydrogens (tertiary/aromatic N) is 1. The van der Waals surface area contributed by atoms with Crippen molar-refractivity contribution < 1.29 is 14.7 Å². The van der Waals surface area contributed by atoms with Gasteiger partial charge in [0.1, 0.15) is 0 Å². The summed E-state index contributed by atoms with van der Waals surface area (Å²) in [4.78, 5) is 24.5. The van der Waals surface area contributed by atoms with E-state index >= 15 is 0 Å². The van der Waals surface area contributed by atoms with Crippen LogP contribution in [0.25, 0.3) is 0 Å². The Labute approximate surface area is 126 Å². The molecule has 0 saturated carbocycles. The van der Waals surface area contributed by atoms with Gasteiger partial charge >= 0.3 is 12.0 Å². The van der Waals surface area contributed by atoms with Crippen molar-refractivity contribution in [1.29, 1.82) is 0 Å². The number of benzene rings is 1. The molecule has 0 aromatic heterocycles. The summed E-state index contributed by atoms with van der Waals surface area (Å²) in [7, 11) is 0. The molecular formula is C16H24N2O3. The summed E-state index contributed by atoms with van der Waals surface area (Å²) < 4.78 is 0. The lowest BCUT2D eigenvalue weighted by Gasteiger charge is -2.28. The van der Waals surface area contributed by atoms with E-state index in [1.165, 1.54) is 0 Å². The number of aryl methyl sites for hydroxylation is 1. The molecule has 0 heterocycles. The van der Waals surface area contributed by atoms with Gasteiger partial charge < -0.3 is 15.3 Å². The van der Waals surface area contributed by atoms with Crippen molar-refractivity contribution in [3.8, 4) is 0 Å². The van der Waals surface area contributed by atoms with Crippen LogP contribution in [0.5, 0.6) is 0 Å². The van der Waals surface area contributed by atoms with Crippen molar-refractivity contribution in [2.45, 2.75) is 46.2 Å². The summed E-state index contributed by atoms with van der Waals surface area (Å²) in [6.07, 6.45) is -0.0512. The molecule has 2 N–H and O–H groups in total. The topological polar surface area (TPSA) is 69.6 Å². The molecule has 1 rings (SSSR count). The predicted octanol–water partition coefficient (Wildman–Crippen LogP) is 2.95. The predicted molar refractivity (Wildman–Crippen MR) is 82.2 cm³/mol. The second-order valence-corrected chi connectivity index (χ2v) is 5.46. The fourth-order valence-corrected chi connectivity index (χ4v) is 2.23. The number of nitrogens with one attached hydrogen (secondary N) is 1. The van der Waals surface area contributed by atoms with Crippen LogP contribution in [0.2, 0.25) is 0 Å². The van der Waals surface area contributed by atoms with E-state index < -0.39 is 5.97 Å². The molecule has 0 bridgehead atoms. The molecule has 0 saturated heterocycles. The van der Waals surface area contributed by atoms with Gasteiger partial charge in [0, 0.05) is 12.6 Å². The van der Waals surface area contributed by atoms with Crippen molar-refractivity contribution >= 4 is 12.0 Å². The summed E-state index contributed by atoms with van der Waals surface area (Å²) in [6, 6.07) is 7.48. The van der Waals surface area contributed by atoms with Crippen molar-refractivity contribution in [1.82, 2.24) is 10.2 Å². The van der Waals surface area contributed by atoms with Crippen LogP contribution < -0.4 is 5.32 Å². The number of carbonyl (C=O) groups excluding carboxylic acids is 1. The molecule has 1 aromatic rings. The molecule has 1 unspecified atom stereocenters. The molecule has 0 radical (unpaired) electrons. The highest BCUT2D eigenvalue weighted by molar-refractivity contribution is 5.76. The minimum Gasteiger partial charge on any atom is -0.481 e. The monoisotopic (exact) mass is 292 g/mol. The average Bonchev–Trinajstić information content (AvgIpc) is 2.38. The first-order chi connectivity index (χ1) is 9.82. The number of hydrogen-bond acceptors (Lipinski definition) is 2. The maximum Gasteiger partial charge on any atom is 0.318 e. The third-order valence-electron chi connectivity index (χ3n) is 3.45. The van der Waals surface area contributed by atoms with Crippen molar-refractivity contribution in [2.75, 3.05) is 6.54 Å². The third kappa shape index (κ3) is 5.10. The minimum atomic E-state index is -0.902. The molecule has 0 aliphatic carbocycles. The molecule has 0 fully saturated rings. The lowest BCUT2D eigenvalue weighted by atomic mass is 10.0. The molecule has 116 valence electrons. The summed E-state index contributed by atoms with van der Waals surface area (Å²) in [5.41, 5.74) is 2.18. The van der Waals surface area contributed by atoms with Gasteiger partial charge in [0.05, 0.1) is 12.5 Å². The number of carboxylic acid groups (broad SMARTS) is 1. The van der Waals surface area contributed by atoms with Crippen LogP contribution in [-0.2, 0) is 4.79 Å². The van der Waals surface area contributed by atoms with Gasteiger partial charge in [0.2, 0.25) is 0 Å². The van der Waals surface area contributed by atoms with E-state index in [9.17, 15) is 9.59 Å². The van der Waals surface area contributed by atoms with Crippen molar-refractivity contribution in [3.05, 3.63) is 35.4 Å². The Morgan fingerprint density at radius 1 is 1.24 bits per heavy atom. The van der Waals surface area contributed by atoms with Crippen LogP contribution in [-0.4, -0.2) is 34.6 Å². The smallest absolute Gasteiger partial charge is 0.318 e. The molecule has 1 atom stereocenters. The minimum absolute atomic E-state index is 0.0478. The van der Waals surface area contributed by atoms with Crippen LogP contribution in [0.4, 0.5) is 4.79 Å². The highest BCUT2D eigenvalue weighted by Crippen LogP contribution is 2.17. The van der Waals surface area contributed by atoms with Gasteiger partial charge in [-0.2, -0.15) is 0 Å². The van der Waals surface area contributed by atoms with Gasteiger partial charge in [-0.1, -0.05) is 24.3 Å². The molecule has 21 heavy (non-hydrogen) atoms. The van der Waals surface area contributed by atoms with Crippen LogP contribution >= 0.6 is 0 Å². The van der Waals surface area contributed by atoms with Crippen LogP contribution in [0.15, 0.2) is 24.3 Å². The number of urea groups is 1. The molecule has 5 heteroatoms. The zero-order chi connectivity index (χ0) is 16.0. The zero-order valence-corrected chi connectivity index (χ0v) is 13.1. The van der Waals surface area contributed by atoms with Gasteiger partial charge in [-0.05, 0) is 38.8 Å². The van der Waals surface area contributed by atoms with Gasteiger partial charge in [-0.3, -0.25) is 4.79 Å². The quantitative estimate of drug-likeness (QED) is 0.847. The summed E-state index contributed by atoms with van der Waals surface area (Å²) in [5, 5.41) is 11.7. The van der Waals surface area contributed by atoms with E-state index in [4.69, 9.17) is 5.11 Å². The van der Waals surface area contributed by atoms with E-state index in [2.05, 4.69) is 5.32 Å². The zero-order valence-electron chi connectivity index (χ0n) is 13.1.